The Morgan fingerprint density at radius 2 is 0.714 bits per heavy atom. The second kappa shape index (κ2) is 9.87. The van der Waals surface area contributed by atoms with Gasteiger partial charge in [-0.15, -0.1) is 0 Å². The molecule has 0 aliphatic heterocycles. The normalized spacial score (nSPS) is 28.0. The molecule has 0 nitrogen and oxygen atoms in total. The van der Waals surface area contributed by atoms with Gasteiger partial charge in [0, 0.05) is 0 Å². The van der Waals surface area contributed by atoms with Crippen molar-refractivity contribution in [3.05, 3.63) is 0 Å². The summed E-state index contributed by atoms with van der Waals surface area (Å²) in [5.74, 6) is 0. The Bertz CT molecular complexity index is 246. The summed E-state index contributed by atoms with van der Waals surface area (Å²) in [6.07, 6.45) is 22.2. The van der Waals surface area contributed by atoms with Crippen LogP contribution in [0.5, 0.6) is 0 Å². The van der Waals surface area contributed by atoms with E-state index in [9.17, 15) is 0 Å². The van der Waals surface area contributed by atoms with Crippen LogP contribution in [-0.2, 0) is 0 Å². The van der Waals surface area contributed by atoms with E-state index in [0.717, 1.165) is 17.0 Å². The van der Waals surface area contributed by atoms with Crippen molar-refractivity contribution >= 4 is 76.0 Å². The van der Waals surface area contributed by atoms with Crippen molar-refractivity contribution in [3.63, 3.8) is 0 Å². The molecule has 3 heteroatoms. The molecule has 0 unspecified atom stereocenters. The molecule has 0 aromatic heterocycles. The Hall–Kier alpha value is 2.53. The van der Waals surface area contributed by atoms with Crippen molar-refractivity contribution in [1.82, 2.24) is 0 Å². The van der Waals surface area contributed by atoms with Crippen LogP contribution in [-0.4, -0.2) is 75.2 Å². The Kier molecular flexibility index (Phi) is 9.32. The summed E-state index contributed by atoms with van der Waals surface area (Å²) in [4.78, 5) is 0. The van der Waals surface area contributed by atoms with Crippen LogP contribution in [0.4, 0.5) is 0 Å². The van der Waals surface area contributed by atoms with E-state index in [-0.39, 0.29) is 58.2 Å². The summed E-state index contributed by atoms with van der Waals surface area (Å²) in [6.45, 7) is -1.57. The van der Waals surface area contributed by atoms with Crippen molar-refractivity contribution < 1.29 is 0 Å². The van der Waals surface area contributed by atoms with Crippen molar-refractivity contribution in [2.24, 2.45) is 0 Å². The minimum atomic E-state index is -1.57. The number of hydrogen-bond acceptors (Lipinski definition) is 0. The van der Waals surface area contributed by atoms with Crippen LogP contribution in [0.2, 0.25) is 0 Å². The van der Waals surface area contributed by atoms with Gasteiger partial charge < -0.3 is 0 Å². The van der Waals surface area contributed by atoms with E-state index >= 15 is 0 Å². The molecule has 3 fully saturated rings. The predicted octanol–water partition coefficient (Wildman–Crippen LogP) is 6.24. The fourth-order valence-corrected chi connectivity index (χ4v) is 13.5. The minimum absolute atomic E-state index is 0. The number of halogens is 1. The predicted molar refractivity (Wildman–Crippen MR) is 102 cm³/mol. The molecule has 0 N–H and O–H groups in total. The third kappa shape index (κ3) is 4.79. The summed E-state index contributed by atoms with van der Waals surface area (Å²) in [5.41, 5.74) is 2.93. The molecule has 21 heavy (non-hydrogen) atoms. The molecule has 0 atom stereocenters. The summed E-state index contributed by atoms with van der Waals surface area (Å²) < 4.78 is 0. The molecule has 0 heterocycles. The van der Waals surface area contributed by atoms with Crippen LogP contribution in [0.25, 0.3) is 0 Å². The maximum atomic E-state index is 7.71. The molecule has 120 valence electrons. The van der Waals surface area contributed by atoms with Crippen LogP contribution in [0.3, 0.4) is 0 Å². The van der Waals surface area contributed by atoms with E-state index in [0.29, 0.717) is 0 Å². The van der Waals surface area contributed by atoms with Crippen molar-refractivity contribution in [1.29, 1.82) is 0 Å². The summed E-state index contributed by atoms with van der Waals surface area (Å²) in [7, 11) is 0. The molecule has 3 aliphatic carbocycles. The summed E-state index contributed by atoms with van der Waals surface area (Å²) in [6, 6.07) is 0. The topological polar surface area (TPSA) is 0 Å². The van der Waals surface area contributed by atoms with E-state index in [2.05, 4.69) is 0 Å². The molecular formula is C18H35ClPRb. The molecule has 0 spiro atoms. The Morgan fingerprint density at radius 3 is 0.952 bits per heavy atom. The molecule has 0 aromatic carbocycles. The average molecular weight is 403 g/mol. The van der Waals surface area contributed by atoms with Gasteiger partial charge in [0.05, 0.1) is 0 Å². The van der Waals surface area contributed by atoms with E-state index in [1.54, 1.807) is 0 Å². The SMILES string of the molecule is Cl[PH](C1CCCCC1)(C1CCCCC1)C1CCCCC1.[RbH]. The zero-order valence-corrected chi connectivity index (χ0v) is 15.0. The molecule has 0 bridgehead atoms. The van der Waals surface area contributed by atoms with Crippen molar-refractivity contribution in [3.8, 4) is 0 Å². The van der Waals surface area contributed by atoms with Gasteiger partial charge in [0.1, 0.15) is 0 Å². The van der Waals surface area contributed by atoms with Crippen molar-refractivity contribution in [2.45, 2.75) is 113 Å². The van der Waals surface area contributed by atoms with Gasteiger partial charge in [-0.2, -0.15) is 0 Å². The van der Waals surface area contributed by atoms with Gasteiger partial charge in [0.15, 0.2) is 0 Å². The fraction of sp³-hybridized carbons (Fsp3) is 1.00. The number of hydrogen-bond donors (Lipinski definition) is 0. The average Bonchev–Trinajstić information content (AvgIpc) is 2.56. The molecule has 0 aromatic rings. The Labute approximate surface area is 186 Å². The zero-order valence-electron chi connectivity index (χ0n) is 13.2. The van der Waals surface area contributed by atoms with Gasteiger partial charge in [0.2, 0.25) is 0 Å². The van der Waals surface area contributed by atoms with E-state index in [4.69, 9.17) is 11.2 Å². The third-order valence-corrected chi connectivity index (χ3v) is 15.0. The molecule has 0 amide bonds. The zero-order chi connectivity index (χ0) is 13.8. The van der Waals surface area contributed by atoms with Crippen LogP contribution >= 0.6 is 17.9 Å². The monoisotopic (exact) mass is 402 g/mol. The van der Waals surface area contributed by atoms with E-state index in [1.807, 2.05) is 0 Å². The van der Waals surface area contributed by atoms with Crippen LogP contribution in [0.15, 0.2) is 0 Å². The first kappa shape index (κ1) is 19.8. The number of rotatable bonds is 3. The van der Waals surface area contributed by atoms with Crippen LogP contribution in [0, 0.1) is 0 Å². The first-order valence-electron chi connectivity index (χ1n) is 9.50. The van der Waals surface area contributed by atoms with Crippen LogP contribution < -0.4 is 0 Å². The first-order valence-corrected chi connectivity index (χ1v) is 12.7. The Morgan fingerprint density at radius 1 is 0.476 bits per heavy atom. The van der Waals surface area contributed by atoms with Crippen LogP contribution in [0.1, 0.15) is 96.3 Å². The second-order valence-corrected chi connectivity index (χ2v) is 13.9. The van der Waals surface area contributed by atoms with Gasteiger partial charge in [0.25, 0.3) is 0 Å². The first-order chi connectivity index (χ1) is 9.82. The molecule has 3 saturated carbocycles. The molecule has 0 radical (unpaired) electrons. The summed E-state index contributed by atoms with van der Waals surface area (Å²) >= 11 is 7.71. The third-order valence-electron chi connectivity index (χ3n) is 6.69. The van der Waals surface area contributed by atoms with E-state index < -0.39 is 6.62 Å². The van der Waals surface area contributed by atoms with Gasteiger partial charge in [-0.05, 0) is 0 Å². The van der Waals surface area contributed by atoms with Gasteiger partial charge in [-0.25, -0.2) is 0 Å². The quantitative estimate of drug-likeness (QED) is 0.490. The van der Waals surface area contributed by atoms with Crippen molar-refractivity contribution in [2.75, 3.05) is 0 Å². The maximum absolute atomic E-state index is 7.71. The van der Waals surface area contributed by atoms with Gasteiger partial charge >= 0.3 is 189 Å². The second-order valence-electron chi connectivity index (χ2n) is 7.83. The standard InChI is InChI=1S/C18H34ClP.Rb.H/c19-20(16-10-4-1-5-11-16,17-12-6-2-7-13-17)18-14-8-3-9-15-18;;/h16-18,20H,1-15H2;;. The Balaban J connectivity index is 0.00000161. The van der Waals surface area contributed by atoms with E-state index in [1.165, 1.54) is 96.3 Å². The van der Waals surface area contributed by atoms with Gasteiger partial charge in [-0.1, -0.05) is 0 Å². The molecular weight excluding hydrogens is 368 g/mol. The van der Waals surface area contributed by atoms with Gasteiger partial charge in [-0.3, -0.25) is 0 Å². The summed E-state index contributed by atoms with van der Waals surface area (Å²) in [5, 5.41) is 0. The molecule has 0 saturated heterocycles. The fourth-order valence-electron chi connectivity index (χ4n) is 5.64. The molecule has 3 rings (SSSR count). The molecule has 3 aliphatic rings.